The van der Waals surface area contributed by atoms with E-state index in [1.54, 1.807) is 12.3 Å². The van der Waals surface area contributed by atoms with Crippen LogP contribution in [0, 0.1) is 11.8 Å². The lowest BCUT2D eigenvalue weighted by Crippen LogP contribution is -2.37. The lowest BCUT2D eigenvalue weighted by molar-refractivity contribution is -0.144. The number of carbonyl (C=O) groups excluding carboxylic acids is 2. The Bertz CT molecular complexity index is 1430. The topological polar surface area (TPSA) is 123 Å². The number of imidazole rings is 1. The molecule has 2 amide bonds. The van der Waals surface area contributed by atoms with E-state index in [4.69, 9.17) is 4.74 Å². The molecule has 2 N–H and O–H groups in total. The van der Waals surface area contributed by atoms with Gasteiger partial charge in [-0.3, -0.25) is 9.59 Å². The van der Waals surface area contributed by atoms with Crippen LogP contribution in [0.1, 0.15) is 85.2 Å². The number of aromatic nitrogens is 5. The normalized spacial score (nSPS) is 18.8. The second kappa shape index (κ2) is 11.8. The molecule has 226 valence electrons. The van der Waals surface area contributed by atoms with Crippen molar-refractivity contribution < 1.29 is 36.3 Å². The molecule has 15 heteroatoms. The van der Waals surface area contributed by atoms with Gasteiger partial charge in [0.05, 0.1) is 43.7 Å². The Kier molecular flexibility index (Phi) is 8.28. The van der Waals surface area contributed by atoms with Gasteiger partial charge in [-0.15, -0.1) is 0 Å². The van der Waals surface area contributed by atoms with Gasteiger partial charge in [0.15, 0.2) is 5.65 Å². The van der Waals surface area contributed by atoms with Crippen molar-refractivity contribution in [1.29, 1.82) is 0 Å². The average molecular weight is 596 g/mol. The van der Waals surface area contributed by atoms with E-state index in [2.05, 4.69) is 30.7 Å². The average Bonchev–Trinajstić information content (AvgIpc) is 3.71. The van der Waals surface area contributed by atoms with E-state index in [1.165, 1.54) is 30.2 Å². The van der Waals surface area contributed by atoms with E-state index in [-0.39, 0.29) is 49.1 Å². The highest BCUT2D eigenvalue weighted by atomic mass is 19.4. The molecule has 2 saturated carbocycles. The SMILES string of the molecule is COc1cc(C(=O)N[C@H](c2cn3ncc(C(NC(=O)CCC(F)(F)F)C4CC4)cc3n2)C2CCC(F)(F)CC2)ncn1. The molecule has 3 aromatic heterocycles. The number of fused-ring (bicyclic) bond motifs is 1. The first-order chi connectivity index (χ1) is 19.9. The van der Waals surface area contributed by atoms with Crippen molar-refractivity contribution in [2.75, 3.05) is 7.11 Å². The monoisotopic (exact) mass is 595 g/mol. The second-order valence-electron chi connectivity index (χ2n) is 10.8. The summed E-state index contributed by atoms with van der Waals surface area (Å²) >= 11 is 0. The molecule has 2 aliphatic rings. The lowest BCUT2D eigenvalue weighted by atomic mass is 9.81. The number of carbonyl (C=O) groups is 2. The molecular formula is C27H30F5N7O3. The largest absolute Gasteiger partial charge is 0.481 e. The van der Waals surface area contributed by atoms with Crippen molar-refractivity contribution in [2.45, 2.75) is 75.5 Å². The fourth-order valence-electron chi connectivity index (χ4n) is 5.25. The van der Waals surface area contributed by atoms with E-state index < -0.39 is 48.8 Å². The van der Waals surface area contributed by atoms with Crippen molar-refractivity contribution in [3.63, 3.8) is 0 Å². The smallest absolute Gasteiger partial charge is 0.389 e. The fourth-order valence-corrected chi connectivity index (χ4v) is 5.25. The molecule has 3 heterocycles. The van der Waals surface area contributed by atoms with Crippen molar-refractivity contribution >= 4 is 17.5 Å². The molecule has 5 rings (SSSR count). The number of methoxy groups -OCH3 is 1. The highest BCUT2D eigenvalue weighted by Gasteiger charge is 2.40. The van der Waals surface area contributed by atoms with E-state index in [0.29, 0.717) is 16.9 Å². The van der Waals surface area contributed by atoms with Crippen LogP contribution in [0.4, 0.5) is 22.0 Å². The molecule has 3 aromatic rings. The van der Waals surface area contributed by atoms with Gasteiger partial charge in [0.2, 0.25) is 17.7 Å². The molecule has 42 heavy (non-hydrogen) atoms. The van der Waals surface area contributed by atoms with Crippen LogP contribution < -0.4 is 15.4 Å². The molecule has 0 aliphatic heterocycles. The summed E-state index contributed by atoms with van der Waals surface area (Å²) in [5.41, 5.74) is 1.40. The van der Waals surface area contributed by atoms with Crippen LogP contribution in [0.15, 0.2) is 30.9 Å². The highest BCUT2D eigenvalue weighted by Crippen LogP contribution is 2.43. The third-order valence-electron chi connectivity index (χ3n) is 7.69. The van der Waals surface area contributed by atoms with Gasteiger partial charge in [-0.25, -0.2) is 28.2 Å². The highest BCUT2D eigenvalue weighted by molar-refractivity contribution is 5.92. The fraction of sp³-hybridized carbons (Fsp3) is 0.556. The summed E-state index contributed by atoms with van der Waals surface area (Å²) < 4.78 is 72.3. The van der Waals surface area contributed by atoms with Gasteiger partial charge in [0, 0.05) is 25.3 Å². The van der Waals surface area contributed by atoms with Gasteiger partial charge in [0.1, 0.15) is 12.0 Å². The summed E-state index contributed by atoms with van der Waals surface area (Å²) in [5.74, 6) is -4.12. The van der Waals surface area contributed by atoms with Gasteiger partial charge in [-0.1, -0.05) is 0 Å². The van der Waals surface area contributed by atoms with Crippen LogP contribution >= 0.6 is 0 Å². The zero-order valence-electron chi connectivity index (χ0n) is 22.7. The Balaban J connectivity index is 1.40. The molecule has 2 fully saturated rings. The van der Waals surface area contributed by atoms with Crippen LogP contribution in [-0.4, -0.2) is 55.6 Å². The number of ether oxygens (including phenoxy) is 1. The van der Waals surface area contributed by atoms with Crippen LogP contribution in [0.3, 0.4) is 0 Å². The Morgan fingerprint density at radius 1 is 1.07 bits per heavy atom. The van der Waals surface area contributed by atoms with Crippen LogP contribution in [0.5, 0.6) is 5.88 Å². The Morgan fingerprint density at radius 3 is 2.45 bits per heavy atom. The molecule has 2 aliphatic carbocycles. The van der Waals surface area contributed by atoms with Gasteiger partial charge in [0.25, 0.3) is 5.91 Å². The molecule has 0 saturated heterocycles. The number of nitrogens with zero attached hydrogens (tertiary/aromatic N) is 5. The maximum Gasteiger partial charge on any atom is 0.389 e. The predicted octanol–water partition coefficient (Wildman–Crippen LogP) is 4.73. The van der Waals surface area contributed by atoms with Gasteiger partial charge < -0.3 is 15.4 Å². The number of nitrogens with one attached hydrogen (secondary N) is 2. The van der Waals surface area contributed by atoms with E-state index >= 15 is 0 Å². The van der Waals surface area contributed by atoms with E-state index in [1.807, 2.05) is 0 Å². The Morgan fingerprint density at radius 2 is 1.79 bits per heavy atom. The predicted molar refractivity (Wildman–Crippen MR) is 138 cm³/mol. The Labute approximate surface area is 237 Å². The Hall–Kier alpha value is -3.91. The van der Waals surface area contributed by atoms with E-state index in [0.717, 1.165) is 12.8 Å². The van der Waals surface area contributed by atoms with Crippen LogP contribution in [0.25, 0.3) is 5.65 Å². The molecule has 0 bridgehead atoms. The standard InChI is InChI=1S/C27H30F5N7O3/c1-42-22-11-18(33-14-34-22)25(41)38-24(16-4-7-26(28,29)8-5-16)19-13-39-20(36-19)10-17(12-35-39)23(15-2-3-15)37-21(40)6-9-27(30,31)32/h10-16,23-24H,2-9H2,1H3,(H,37,40)(H,38,41)/t23?,24-/m0/s1. The minimum absolute atomic E-state index is 0.0331. The quantitative estimate of drug-likeness (QED) is 0.325. The summed E-state index contributed by atoms with van der Waals surface area (Å²) in [6, 6.07) is 1.79. The summed E-state index contributed by atoms with van der Waals surface area (Å²) in [6.07, 6.45) is -0.717. The van der Waals surface area contributed by atoms with Gasteiger partial charge in [-0.05, 0) is 49.1 Å². The first kappa shape index (κ1) is 29.6. The second-order valence-corrected chi connectivity index (χ2v) is 10.8. The zero-order valence-corrected chi connectivity index (χ0v) is 22.7. The first-order valence-corrected chi connectivity index (χ1v) is 13.7. The van der Waals surface area contributed by atoms with Gasteiger partial charge >= 0.3 is 6.18 Å². The molecular weight excluding hydrogens is 565 g/mol. The first-order valence-electron chi connectivity index (χ1n) is 13.7. The van der Waals surface area contributed by atoms with Crippen LogP contribution in [-0.2, 0) is 4.79 Å². The van der Waals surface area contributed by atoms with Crippen molar-refractivity contribution in [2.24, 2.45) is 11.8 Å². The summed E-state index contributed by atoms with van der Waals surface area (Å²) in [7, 11) is 1.40. The van der Waals surface area contributed by atoms with Gasteiger partial charge in [-0.2, -0.15) is 18.3 Å². The van der Waals surface area contributed by atoms with Crippen molar-refractivity contribution in [3.05, 3.63) is 47.8 Å². The zero-order chi connectivity index (χ0) is 30.1. The maximum absolute atomic E-state index is 14.0. The number of rotatable bonds is 10. The minimum atomic E-state index is -4.43. The van der Waals surface area contributed by atoms with E-state index in [9.17, 15) is 31.5 Å². The van der Waals surface area contributed by atoms with Crippen molar-refractivity contribution in [1.82, 2.24) is 35.2 Å². The third kappa shape index (κ3) is 7.29. The molecule has 1 unspecified atom stereocenters. The van der Waals surface area contributed by atoms with Crippen LogP contribution in [0.2, 0.25) is 0 Å². The molecule has 0 radical (unpaired) electrons. The van der Waals surface area contributed by atoms with Crippen molar-refractivity contribution in [3.8, 4) is 5.88 Å². The number of halogens is 5. The molecule has 10 nitrogen and oxygen atoms in total. The third-order valence-corrected chi connectivity index (χ3v) is 7.69. The minimum Gasteiger partial charge on any atom is -0.481 e. The number of hydrogen-bond acceptors (Lipinski definition) is 7. The molecule has 0 aromatic carbocycles. The summed E-state index contributed by atoms with van der Waals surface area (Å²) in [5, 5.41) is 9.99. The number of amides is 2. The number of alkyl halides is 5. The maximum atomic E-state index is 14.0. The lowest BCUT2D eigenvalue weighted by Gasteiger charge is -2.33. The molecule has 0 spiro atoms. The summed E-state index contributed by atoms with van der Waals surface area (Å²) in [6.45, 7) is 0. The summed E-state index contributed by atoms with van der Waals surface area (Å²) in [4.78, 5) is 38.0. The number of hydrogen-bond donors (Lipinski definition) is 2. The molecule has 2 atom stereocenters.